The van der Waals surface area contributed by atoms with Crippen molar-refractivity contribution in [3.63, 3.8) is 0 Å². The molecule has 0 aliphatic heterocycles. The molecule has 1 N–H and O–H groups in total. The first-order valence-electron chi connectivity index (χ1n) is 12.6. The Balaban J connectivity index is 2.02. The lowest BCUT2D eigenvalue weighted by Crippen LogP contribution is -2.51. The lowest BCUT2D eigenvalue weighted by atomic mass is 10.1. The maximum Gasteiger partial charge on any atom is 0.271 e. The van der Waals surface area contributed by atoms with E-state index in [-0.39, 0.29) is 28.7 Å². The molecular weight excluding hydrogens is 520 g/mol. The number of amides is 2. The topological polar surface area (TPSA) is 130 Å². The first-order valence-corrected chi connectivity index (χ1v) is 14.0. The lowest BCUT2D eigenvalue weighted by Gasteiger charge is -2.32. The van der Waals surface area contributed by atoms with Crippen LogP contribution in [0.15, 0.2) is 89.8 Å². The molecule has 39 heavy (non-hydrogen) atoms. The number of nitrogens with one attached hydrogen (secondary N) is 1. The molecule has 0 radical (unpaired) electrons. The fourth-order valence-corrected chi connectivity index (χ4v) is 5.34. The predicted molar refractivity (Wildman–Crippen MR) is 148 cm³/mol. The third-order valence-corrected chi connectivity index (χ3v) is 7.92. The van der Waals surface area contributed by atoms with Crippen molar-refractivity contribution in [2.45, 2.75) is 44.2 Å². The van der Waals surface area contributed by atoms with Crippen molar-refractivity contribution in [2.75, 3.05) is 17.4 Å². The Bertz CT molecular complexity index is 1380. The van der Waals surface area contributed by atoms with Crippen molar-refractivity contribution in [3.8, 4) is 0 Å². The average molecular weight is 553 g/mol. The zero-order valence-corrected chi connectivity index (χ0v) is 22.7. The minimum Gasteiger partial charge on any atom is -0.354 e. The number of hydrogen-bond donors (Lipinski definition) is 1. The molecule has 1 atom stereocenters. The first-order chi connectivity index (χ1) is 18.6. The number of nitro groups is 1. The maximum absolute atomic E-state index is 13.8. The third kappa shape index (κ3) is 7.64. The molecule has 0 aliphatic rings. The van der Waals surface area contributed by atoms with Crippen molar-refractivity contribution in [3.05, 3.63) is 101 Å². The van der Waals surface area contributed by atoms with Gasteiger partial charge in [-0.15, -0.1) is 0 Å². The van der Waals surface area contributed by atoms with Crippen molar-refractivity contribution < 1.29 is 22.9 Å². The Hall–Kier alpha value is -4.25. The van der Waals surface area contributed by atoms with Gasteiger partial charge in [-0.1, -0.05) is 67.9 Å². The summed E-state index contributed by atoms with van der Waals surface area (Å²) >= 11 is 0. The summed E-state index contributed by atoms with van der Waals surface area (Å²) in [5.41, 5.74) is 0.394. The quantitative estimate of drug-likeness (QED) is 0.193. The Kier molecular flexibility index (Phi) is 10.2. The summed E-state index contributed by atoms with van der Waals surface area (Å²) in [6, 6.07) is 20.8. The van der Waals surface area contributed by atoms with Crippen molar-refractivity contribution >= 4 is 33.2 Å². The van der Waals surface area contributed by atoms with Gasteiger partial charge in [0.2, 0.25) is 11.8 Å². The number of unbranched alkanes of at least 4 members (excludes halogenated alkanes) is 1. The molecule has 3 aromatic carbocycles. The molecule has 10 nitrogen and oxygen atoms in total. The van der Waals surface area contributed by atoms with E-state index in [2.05, 4.69) is 5.32 Å². The van der Waals surface area contributed by atoms with Crippen molar-refractivity contribution in [2.24, 2.45) is 0 Å². The van der Waals surface area contributed by atoms with Gasteiger partial charge < -0.3 is 10.2 Å². The summed E-state index contributed by atoms with van der Waals surface area (Å²) in [5.74, 6) is -0.997. The van der Waals surface area contributed by atoms with Crippen LogP contribution in [0.2, 0.25) is 0 Å². The summed E-state index contributed by atoms with van der Waals surface area (Å²) in [6.45, 7) is 3.44. The second-order valence-corrected chi connectivity index (χ2v) is 10.8. The van der Waals surface area contributed by atoms with Gasteiger partial charge in [0.25, 0.3) is 15.7 Å². The average Bonchev–Trinajstić information content (AvgIpc) is 2.95. The molecule has 0 spiro atoms. The second-order valence-electron chi connectivity index (χ2n) is 8.93. The number of nitrogens with zero attached hydrogens (tertiary/aromatic N) is 3. The SMILES string of the molecule is CCCCNC(=O)[C@H](C)N(Cc1ccccc1)C(=O)CN(c1cccc([N+](=O)[O-])c1)S(=O)(=O)c1ccccc1. The zero-order chi connectivity index (χ0) is 28.4. The van der Waals surface area contributed by atoms with Crippen LogP contribution >= 0.6 is 0 Å². The highest BCUT2D eigenvalue weighted by molar-refractivity contribution is 7.92. The summed E-state index contributed by atoms with van der Waals surface area (Å²) < 4.78 is 28.3. The normalized spacial score (nSPS) is 11.8. The Morgan fingerprint density at radius 3 is 2.23 bits per heavy atom. The number of benzene rings is 3. The van der Waals surface area contributed by atoms with E-state index in [9.17, 15) is 28.1 Å². The maximum atomic E-state index is 13.8. The zero-order valence-electron chi connectivity index (χ0n) is 21.9. The van der Waals surface area contributed by atoms with E-state index >= 15 is 0 Å². The molecule has 0 unspecified atom stereocenters. The smallest absolute Gasteiger partial charge is 0.271 e. The van der Waals surface area contributed by atoms with Crippen molar-refractivity contribution in [1.82, 2.24) is 10.2 Å². The Morgan fingerprint density at radius 2 is 1.62 bits per heavy atom. The molecule has 11 heteroatoms. The molecule has 0 fully saturated rings. The number of non-ortho nitro benzene ring substituents is 1. The van der Waals surface area contributed by atoms with Gasteiger partial charge in [-0.05, 0) is 37.1 Å². The van der Waals surface area contributed by atoms with Gasteiger partial charge in [0.1, 0.15) is 12.6 Å². The minimum absolute atomic E-state index is 0.0406. The molecule has 3 rings (SSSR count). The molecule has 2 amide bonds. The molecular formula is C28H32N4O6S. The van der Waals surface area contributed by atoms with Gasteiger partial charge in [0, 0.05) is 25.2 Å². The largest absolute Gasteiger partial charge is 0.354 e. The van der Waals surface area contributed by atoms with Gasteiger partial charge in [-0.25, -0.2) is 8.42 Å². The number of sulfonamides is 1. The van der Waals surface area contributed by atoms with Crippen LogP contribution in [-0.4, -0.2) is 49.2 Å². The lowest BCUT2D eigenvalue weighted by molar-refractivity contribution is -0.384. The van der Waals surface area contributed by atoms with Gasteiger partial charge in [0.15, 0.2) is 0 Å². The number of nitro benzene ring substituents is 1. The molecule has 206 valence electrons. The molecule has 3 aromatic rings. The van der Waals surface area contributed by atoms with Gasteiger partial charge in [-0.2, -0.15) is 0 Å². The van der Waals surface area contributed by atoms with Crippen LogP contribution in [0, 0.1) is 10.1 Å². The van der Waals surface area contributed by atoms with Crippen LogP contribution in [0.4, 0.5) is 11.4 Å². The van der Waals surface area contributed by atoms with E-state index in [1.165, 1.54) is 35.2 Å². The summed E-state index contributed by atoms with van der Waals surface area (Å²) in [7, 11) is -4.30. The van der Waals surface area contributed by atoms with Gasteiger partial charge in [0.05, 0.1) is 15.5 Å². The van der Waals surface area contributed by atoms with Crippen LogP contribution in [0.1, 0.15) is 32.3 Å². The molecule has 0 heterocycles. The number of rotatable bonds is 13. The Morgan fingerprint density at radius 1 is 0.974 bits per heavy atom. The van der Waals surface area contributed by atoms with E-state index < -0.39 is 33.4 Å². The molecule has 0 bridgehead atoms. The van der Waals surface area contributed by atoms with E-state index in [0.717, 1.165) is 28.8 Å². The summed E-state index contributed by atoms with van der Waals surface area (Å²) in [6.07, 6.45) is 1.66. The predicted octanol–water partition coefficient (Wildman–Crippen LogP) is 4.12. The van der Waals surface area contributed by atoms with Gasteiger partial charge >= 0.3 is 0 Å². The molecule has 0 saturated heterocycles. The highest BCUT2D eigenvalue weighted by Gasteiger charge is 2.33. The minimum atomic E-state index is -4.30. The number of hydrogen-bond acceptors (Lipinski definition) is 6. The third-order valence-electron chi connectivity index (χ3n) is 6.13. The van der Waals surface area contributed by atoms with Crippen LogP contribution in [-0.2, 0) is 26.2 Å². The van der Waals surface area contributed by atoms with Crippen LogP contribution in [0.25, 0.3) is 0 Å². The molecule has 0 saturated carbocycles. The van der Waals surface area contributed by atoms with Crippen LogP contribution in [0.5, 0.6) is 0 Å². The van der Waals surface area contributed by atoms with Crippen LogP contribution < -0.4 is 9.62 Å². The van der Waals surface area contributed by atoms with E-state index in [4.69, 9.17) is 0 Å². The van der Waals surface area contributed by atoms with E-state index in [1.54, 1.807) is 49.4 Å². The highest BCUT2D eigenvalue weighted by atomic mass is 32.2. The van der Waals surface area contributed by atoms with Crippen molar-refractivity contribution in [1.29, 1.82) is 0 Å². The fraction of sp³-hybridized carbons (Fsp3) is 0.286. The summed E-state index contributed by atoms with van der Waals surface area (Å²) in [4.78, 5) is 38.8. The van der Waals surface area contributed by atoms with Crippen LogP contribution in [0.3, 0.4) is 0 Å². The number of carbonyl (C=O) groups excluding carboxylic acids is 2. The fourth-order valence-electron chi connectivity index (χ4n) is 3.91. The van der Waals surface area contributed by atoms with E-state index in [1.807, 2.05) is 13.0 Å². The number of carbonyl (C=O) groups is 2. The van der Waals surface area contributed by atoms with Gasteiger partial charge in [-0.3, -0.25) is 24.0 Å². The standard InChI is InChI=1S/C28H32N4O6S/c1-3-4-18-29-28(34)22(2)30(20-23-12-7-5-8-13-23)27(33)21-31(24-14-11-15-25(19-24)32(35)36)39(37,38)26-16-9-6-10-17-26/h5-17,19,22H,3-4,18,20-21H2,1-2H3,(H,29,34)/t22-/m0/s1. The highest BCUT2D eigenvalue weighted by Crippen LogP contribution is 2.27. The first kappa shape index (κ1) is 29.3. The summed E-state index contributed by atoms with van der Waals surface area (Å²) in [5, 5.41) is 14.2. The second kappa shape index (κ2) is 13.5. The molecule has 0 aliphatic carbocycles. The Labute approximate surface area is 228 Å². The van der Waals surface area contributed by atoms with E-state index in [0.29, 0.717) is 6.54 Å². The number of anilines is 1. The molecule has 0 aromatic heterocycles. The monoisotopic (exact) mass is 552 g/mol.